The van der Waals surface area contributed by atoms with Crippen molar-refractivity contribution in [2.24, 2.45) is 0 Å². The zero-order valence-corrected chi connectivity index (χ0v) is 11.1. The number of hydrogen-bond donors (Lipinski definition) is 2. The van der Waals surface area contributed by atoms with E-state index in [1.807, 2.05) is 19.3 Å². The van der Waals surface area contributed by atoms with Crippen molar-refractivity contribution in [2.75, 3.05) is 25.5 Å². The average Bonchev–Trinajstić information content (AvgIpc) is 2.93. The maximum atomic E-state index is 9.19. The molecule has 0 radical (unpaired) electrons. The molecule has 4 heteroatoms. The highest BCUT2D eigenvalue weighted by molar-refractivity contribution is 5.34. The maximum Gasteiger partial charge on any atom is 0.125 e. The highest BCUT2D eigenvalue weighted by atomic mass is 16.3. The van der Waals surface area contributed by atoms with E-state index in [0.717, 1.165) is 18.9 Å². The predicted molar refractivity (Wildman–Crippen MR) is 73.5 cm³/mol. The lowest BCUT2D eigenvalue weighted by Gasteiger charge is -2.28. The molecule has 0 atom stereocenters. The Kier molecular flexibility index (Phi) is 4.96. The van der Waals surface area contributed by atoms with Crippen LogP contribution in [0.3, 0.4) is 0 Å². The van der Waals surface area contributed by atoms with Crippen LogP contribution in [0.1, 0.15) is 31.2 Å². The molecule has 1 heterocycles. The average molecular weight is 249 g/mol. The molecule has 0 aliphatic heterocycles. The number of nitrogens with zero attached hydrogens (tertiary/aromatic N) is 2. The van der Waals surface area contributed by atoms with Crippen LogP contribution in [0, 0.1) is 0 Å². The summed E-state index contributed by atoms with van der Waals surface area (Å²) in [4.78, 5) is 6.73. The summed E-state index contributed by atoms with van der Waals surface area (Å²) in [7, 11) is 1.87. The molecule has 0 saturated heterocycles. The minimum absolute atomic E-state index is 0.235. The van der Waals surface area contributed by atoms with Crippen LogP contribution in [0.5, 0.6) is 0 Å². The maximum absolute atomic E-state index is 9.19. The second-order valence-electron chi connectivity index (χ2n) is 4.93. The Hall–Kier alpha value is -1.13. The Morgan fingerprint density at radius 1 is 1.39 bits per heavy atom. The van der Waals surface area contributed by atoms with Crippen molar-refractivity contribution in [3.63, 3.8) is 0 Å². The van der Waals surface area contributed by atoms with Gasteiger partial charge in [0.05, 0.1) is 6.61 Å². The van der Waals surface area contributed by atoms with E-state index in [2.05, 4.69) is 21.3 Å². The lowest BCUT2D eigenvalue weighted by atomic mass is 10.1. The highest BCUT2D eigenvalue weighted by Gasteiger charge is 2.22. The zero-order chi connectivity index (χ0) is 12.8. The van der Waals surface area contributed by atoms with Crippen molar-refractivity contribution in [1.82, 2.24) is 9.88 Å². The van der Waals surface area contributed by atoms with Crippen LogP contribution >= 0.6 is 0 Å². The van der Waals surface area contributed by atoms with Crippen LogP contribution in [0.4, 0.5) is 5.82 Å². The smallest absolute Gasteiger partial charge is 0.125 e. The minimum atomic E-state index is 0.235. The fourth-order valence-corrected chi connectivity index (χ4v) is 2.69. The first-order valence-corrected chi connectivity index (χ1v) is 6.81. The topological polar surface area (TPSA) is 48.4 Å². The van der Waals surface area contributed by atoms with Crippen LogP contribution < -0.4 is 5.32 Å². The first kappa shape index (κ1) is 13.3. The van der Waals surface area contributed by atoms with Crippen LogP contribution in [0.2, 0.25) is 0 Å². The largest absolute Gasteiger partial charge is 0.395 e. The molecule has 0 amide bonds. The molecule has 2 rings (SSSR count). The molecule has 0 unspecified atom stereocenters. The lowest BCUT2D eigenvalue weighted by molar-refractivity contribution is 0.144. The van der Waals surface area contributed by atoms with Gasteiger partial charge in [0.25, 0.3) is 0 Å². The molecule has 18 heavy (non-hydrogen) atoms. The number of rotatable bonds is 6. The summed E-state index contributed by atoms with van der Waals surface area (Å²) in [5.74, 6) is 0.897. The van der Waals surface area contributed by atoms with E-state index < -0.39 is 0 Å². The van der Waals surface area contributed by atoms with E-state index in [-0.39, 0.29) is 6.61 Å². The molecule has 100 valence electrons. The van der Waals surface area contributed by atoms with Crippen LogP contribution in [0.25, 0.3) is 0 Å². The second-order valence-corrected chi connectivity index (χ2v) is 4.93. The van der Waals surface area contributed by atoms with E-state index >= 15 is 0 Å². The molecular formula is C14H23N3O. The fraction of sp³-hybridized carbons (Fsp3) is 0.643. The van der Waals surface area contributed by atoms with E-state index in [1.54, 1.807) is 0 Å². The quantitative estimate of drug-likeness (QED) is 0.808. The zero-order valence-electron chi connectivity index (χ0n) is 11.1. The van der Waals surface area contributed by atoms with Gasteiger partial charge in [-0.2, -0.15) is 0 Å². The molecule has 2 N–H and O–H groups in total. The summed E-state index contributed by atoms with van der Waals surface area (Å²) in [6, 6.07) is 4.75. The van der Waals surface area contributed by atoms with E-state index in [1.165, 1.54) is 31.2 Å². The van der Waals surface area contributed by atoms with Crippen molar-refractivity contribution in [1.29, 1.82) is 0 Å². The summed E-state index contributed by atoms with van der Waals surface area (Å²) in [6.07, 6.45) is 7.10. The van der Waals surface area contributed by atoms with Crippen molar-refractivity contribution < 1.29 is 5.11 Å². The van der Waals surface area contributed by atoms with Gasteiger partial charge in [-0.15, -0.1) is 0 Å². The number of aliphatic hydroxyl groups excluding tert-OH is 1. The first-order valence-electron chi connectivity index (χ1n) is 6.81. The molecule has 4 nitrogen and oxygen atoms in total. The molecule has 1 aromatic rings. The number of hydrogen-bond acceptors (Lipinski definition) is 4. The number of aliphatic hydroxyl groups is 1. The number of nitrogens with one attached hydrogen (secondary N) is 1. The first-order chi connectivity index (χ1) is 8.83. The van der Waals surface area contributed by atoms with Gasteiger partial charge in [-0.05, 0) is 24.5 Å². The van der Waals surface area contributed by atoms with Gasteiger partial charge < -0.3 is 10.4 Å². The van der Waals surface area contributed by atoms with Gasteiger partial charge in [0.1, 0.15) is 5.82 Å². The minimum Gasteiger partial charge on any atom is -0.395 e. The highest BCUT2D eigenvalue weighted by Crippen LogP contribution is 2.24. The third-order valence-corrected chi connectivity index (χ3v) is 3.69. The normalized spacial score (nSPS) is 16.4. The van der Waals surface area contributed by atoms with E-state index in [4.69, 9.17) is 0 Å². The van der Waals surface area contributed by atoms with Crippen LogP contribution in [-0.2, 0) is 6.54 Å². The molecule has 0 aromatic carbocycles. The monoisotopic (exact) mass is 249 g/mol. The van der Waals surface area contributed by atoms with Gasteiger partial charge in [-0.25, -0.2) is 4.98 Å². The molecule has 1 saturated carbocycles. The van der Waals surface area contributed by atoms with Crippen molar-refractivity contribution in [3.05, 3.63) is 23.9 Å². The van der Waals surface area contributed by atoms with Crippen LogP contribution in [-0.4, -0.2) is 41.2 Å². The van der Waals surface area contributed by atoms with Gasteiger partial charge >= 0.3 is 0 Å². The molecule has 0 bridgehead atoms. The Morgan fingerprint density at radius 2 is 2.17 bits per heavy atom. The van der Waals surface area contributed by atoms with Gasteiger partial charge in [-0.3, -0.25) is 4.90 Å². The molecule has 0 spiro atoms. The third-order valence-electron chi connectivity index (χ3n) is 3.69. The summed E-state index contributed by atoms with van der Waals surface area (Å²) in [5.41, 5.74) is 1.22. The van der Waals surface area contributed by atoms with Crippen molar-refractivity contribution in [3.8, 4) is 0 Å². The van der Waals surface area contributed by atoms with Crippen LogP contribution in [0.15, 0.2) is 18.3 Å². The molecule has 1 aliphatic carbocycles. The van der Waals surface area contributed by atoms with Gasteiger partial charge in [0, 0.05) is 32.4 Å². The summed E-state index contributed by atoms with van der Waals surface area (Å²) < 4.78 is 0. The number of anilines is 1. The fourth-order valence-electron chi connectivity index (χ4n) is 2.69. The van der Waals surface area contributed by atoms with Gasteiger partial charge in [0.15, 0.2) is 0 Å². The Morgan fingerprint density at radius 3 is 2.72 bits per heavy atom. The molecular weight excluding hydrogens is 226 g/mol. The van der Waals surface area contributed by atoms with Crippen molar-refractivity contribution >= 4 is 5.82 Å². The SMILES string of the molecule is CNc1ccc(CN(CCO)C2CCCC2)cn1. The third kappa shape index (κ3) is 3.43. The predicted octanol–water partition coefficient (Wildman–Crippen LogP) is 1.86. The Bertz CT molecular complexity index is 347. The molecule has 1 aliphatic rings. The van der Waals surface area contributed by atoms with E-state index in [0.29, 0.717) is 6.04 Å². The Labute approximate surface area is 109 Å². The summed E-state index contributed by atoms with van der Waals surface area (Å²) in [6.45, 7) is 1.89. The summed E-state index contributed by atoms with van der Waals surface area (Å²) >= 11 is 0. The summed E-state index contributed by atoms with van der Waals surface area (Å²) in [5, 5.41) is 12.2. The van der Waals surface area contributed by atoms with Gasteiger partial charge in [-0.1, -0.05) is 18.9 Å². The van der Waals surface area contributed by atoms with Gasteiger partial charge in [0.2, 0.25) is 0 Å². The Balaban J connectivity index is 1.98. The lowest BCUT2D eigenvalue weighted by Crippen LogP contribution is -2.35. The molecule has 1 aromatic heterocycles. The second kappa shape index (κ2) is 6.71. The standard InChI is InChI=1S/C14H23N3O/c1-15-14-7-6-12(10-16-14)11-17(8-9-18)13-4-2-3-5-13/h6-7,10,13,18H,2-5,8-9,11H2,1H3,(H,15,16). The van der Waals surface area contributed by atoms with E-state index in [9.17, 15) is 5.11 Å². The number of pyridine rings is 1. The van der Waals surface area contributed by atoms with Crippen molar-refractivity contribution in [2.45, 2.75) is 38.3 Å². The molecule has 1 fully saturated rings. The number of aromatic nitrogens is 1.